The van der Waals surface area contributed by atoms with Crippen molar-refractivity contribution in [3.8, 4) is 0 Å². The first-order chi connectivity index (χ1) is 11.1. The molecule has 1 aliphatic heterocycles. The van der Waals surface area contributed by atoms with Crippen molar-refractivity contribution in [2.24, 2.45) is 0 Å². The van der Waals surface area contributed by atoms with E-state index in [1.54, 1.807) is 0 Å². The maximum absolute atomic E-state index is 11.1. The van der Waals surface area contributed by atoms with E-state index in [1.165, 1.54) is 17.6 Å². The van der Waals surface area contributed by atoms with E-state index in [1.807, 2.05) is 0 Å². The van der Waals surface area contributed by atoms with Crippen molar-refractivity contribution in [3.63, 3.8) is 0 Å². The molecule has 1 heterocycles. The van der Waals surface area contributed by atoms with Crippen molar-refractivity contribution in [3.05, 3.63) is 34.9 Å². The van der Waals surface area contributed by atoms with Crippen LogP contribution in [0.5, 0.6) is 0 Å². The Hall–Kier alpha value is -1.19. The van der Waals surface area contributed by atoms with Crippen LogP contribution >= 0.6 is 0 Å². The molecule has 0 saturated carbocycles. The van der Waals surface area contributed by atoms with Crippen LogP contribution in [0.25, 0.3) is 0 Å². The lowest BCUT2D eigenvalue weighted by molar-refractivity contribution is -0.155. The Labute approximate surface area is 141 Å². The van der Waals surface area contributed by atoms with Gasteiger partial charge in [0.15, 0.2) is 6.29 Å². The smallest absolute Gasteiger partial charge is 0.157 e. The summed E-state index contributed by atoms with van der Waals surface area (Å²) in [6, 6.07) is 0. The van der Waals surface area contributed by atoms with Crippen molar-refractivity contribution in [1.82, 2.24) is 0 Å². The maximum atomic E-state index is 11.1. The minimum Gasteiger partial charge on any atom is -0.353 e. The molecule has 130 valence electrons. The van der Waals surface area contributed by atoms with Crippen LogP contribution < -0.4 is 0 Å². The Kier molecular flexibility index (Phi) is 10.6. The van der Waals surface area contributed by atoms with Crippen LogP contribution in [-0.4, -0.2) is 25.8 Å². The van der Waals surface area contributed by atoms with E-state index in [4.69, 9.17) is 9.47 Å². The maximum Gasteiger partial charge on any atom is 0.157 e. The Bertz CT molecular complexity index is 422. The minimum atomic E-state index is -0.0237. The van der Waals surface area contributed by atoms with Crippen LogP contribution in [0.1, 0.15) is 65.7 Å². The monoisotopic (exact) mass is 320 g/mol. The van der Waals surface area contributed by atoms with Gasteiger partial charge in [-0.25, -0.2) is 0 Å². The molecule has 0 radical (unpaired) electrons. The summed E-state index contributed by atoms with van der Waals surface area (Å²) in [5, 5.41) is 0. The zero-order valence-corrected chi connectivity index (χ0v) is 15.0. The zero-order chi connectivity index (χ0) is 16.9. The summed E-state index contributed by atoms with van der Waals surface area (Å²) in [6.07, 6.45) is 14.3. The number of carbonyl (C=O) groups excluding carboxylic acids is 1. The minimum absolute atomic E-state index is 0.0237. The first-order valence-electron chi connectivity index (χ1n) is 8.78. The Balaban J connectivity index is 2.22. The fourth-order valence-electron chi connectivity index (χ4n) is 2.46. The van der Waals surface area contributed by atoms with E-state index in [9.17, 15) is 4.79 Å². The second kappa shape index (κ2) is 12.3. The first-order valence-corrected chi connectivity index (χ1v) is 8.78. The number of aldehydes is 1. The number of rotatable bonds is 10. The van der Waals surface area contributed by atoms with Gasteiger partial charge in [-0.15, -0.1) is 0 Å². The molecule has 1 rings (SSSR count). The van der Waals surface area contributed by atoms with Gasteiger partial charge in [-0.1, -0.05) is 29.4 Å². The fraction of sp³-hybridized carbons (Fsp3) is 0.650. The summed E-state index contributed by atoms with van der Waals surface area (Å²) in [5.41, 5.74) is 3.50. The SMILES string of the molecule is CC(C)=CCC/C(C=O)=C\CC/C(C)=C\COC1CCCCO1. The van der Waals surface area contributed by atoms with E-state index in [0.29, 0.717) is 6.61 Å². The largest absolute Gasteiger partial charge is 0.353 e. The van der Waals surface area contributed by atoms with E-state index in [2.05, 4.69) is 39.0 Å². The molecule has 23 heavy (non-hydrogen) atoms. The molecule has 0 aliphatic carbocycles. The van der Waals surface area contributed by atoms with Crippen molar-refractivity contribution >= 4 is 6.29 Å². The molecule has 1 saturated heterocycles. The normalized spacial score (nSPS) is 19.5. The highest BCUT2D eigenvalue weighted by Gasteiger charge is 2.12. The molecule has 1 atom stereocenters. The van der Waals surface area contributed by atoms with Gasteiger partial charge in [0.25, 0.3) is 0 Å². The quantitative estimate of drug-likeness (QED) is 0.318. The van der Waals surface area contributed by atoms with Crippen LogP contribution in [-0.2, 0) is 14.3 Å². The Morgan fingerprint density at radius 1 is 1.09 bits per heavy atom. The summed E-state index contributed by atoms with van der Waals surface area (Å²) in [4.78, 5) is 11.1. The molecular weight excluding hydrogens is 288 g/mol. The lowest BCUT2D eigenvalue weighted by atomic mass is 10.1. The molecular formula is C20H32O3. The number of carbonyl (C=O) groups is 1. The highest BCUT2D eigenvalue weighted by atomic mass is 16.7. The predicted octanol–water partition coefficient (Wildman–Crippen LogP) is 5.13. The fourth-order valence-corrected chi connectivity index (χ4v) is 2.46. The van der Waals surface area contributed by atoms with E-state index in [-0.39, 0.29) is 6.29 Å². The molecule has 3 heteroatoms. The molecule has 3 nitrogen and oxygen atoms in total. The third-order valence-corrected chi connectivity index (χ3v) is 3.93. The lowest BCUT2D eigenvalue weighted by Crippen LogP contribution is -2.22. The van der Waals surface area contributed by atoms with Crippen molar-refractivity contribution in [1.29, 1.82) is 0 Å². The summed E-state index contributed by atoms with van der Waals surface area (Å²) < 4.78 is 11.2. The topological polar surface area (TPSA) is 35.5 Å². The zero-order valence-electron chi connectivity index (χ0n) is 15.0. The van der Waals surface area contributed by atoms with Gasteiger partial charge in [-0.2, -0.15) is 0 Å². The summed E-state index contributed by atoms with van der Waals surface area (Å²) in [6.45, 7) is 7.71. The Morgan fingerprint density at radius 3 is 2.52 bits per heavy atom. The van der Waals surface area contributed by atoms with Crippen LogP contribution in [0, 0.1) is 0 Å². The molecule has 0 aromatic carbocycles. The van der Waals surface area contributed by atoms with Gasteiger partial charge in [0.05, 0.1) is 6.61 Å². The van der Waals surface area contributed by atoms with E-state index >= 15 is 0 Å². The third-order valence-electron chi connectivity index (χ3n) is 3.93. The van der Waals surface area contributed by atoms with Crippen LogP contribution in [0.3, 0.4) is 0 Å². The van der Waals surface area contributed by atoms with Gasteiger partial charge in [-0.3, -0.25) is 4.79 Å². The molecule has 0 aromatic heterocycles. The number of hydrogen-bond donors (Lipinski definition) is 0. The molecule has 0 N–H and O–H groups in total. The van der Waals surface area contributed by atoms with Crippen LogP contribution in [0.15, 0.2) is 34.9 Å². The molecule has 0 aromatic rings. The van der Waals surface area contributed by atoms with E-state index in [0.717, 1.165) is 57.0 Å². The predicted molar refractivity (Wildman–Crippen MR) is 95.3 cm³/mol. The first kappa shape index (κ1) is 19.9. The molecule has 0 spiro atoms. The van der Waals surface area contributed by atoms with Gasteiger partial charge >= 0.3 is 0 Å². The molecule has 1 aliphatic rings. The van der Waals surface area contributed by atoms with Crippen molar-refractivity contribution in [2.45, 2.75) is 72.0 Å². The molecule has 1 fully saturated rings. The molecule has 0 amide bonds. The standard InChI is InChI=1S/C20H32O3/c1-17(2)8-6-10-19(16-21)11-7-9-18(3)13-15-23-20-12-4-5-14-22-20/h8,11,13,16,20H,4-7,9-10,12,14-15H2,1-3H3/b18-13-,19-11+. The molecule has 1 unspecified atom stereocenters. The van der Waals surface area contributed by atoms with Gasteiger partial charge in [-0.05, 0) is 71.3 Å². The van der Waals surface area contributed by atoms with Crippen LogP contribution in [0.4, 0.5) is 0 Å². The average Bonchev–Trinajstić information content (AvgIpc) is 2.54. The van der Waals surface area contributed by atoms with Gasteiger partial charge in [0.1, 0.15) is 6.29 Å². The summed E-state index contributed by atoms with van der Waals surface area (Å²) >= 11 is 0. The number of hydrogen-bond acceptors (Lipinski definition) is 3. The highest BCUT2D eigenvalue weighted by molar-refractivity contribution is 5.73. The number of ether oxygens (including phenoxy) is 2. The van der Waals surface area contributed by atoms with Crippen molar-refractivity contribution < 1.29 is 14.3 Å². The van der Waals surface area contributed by atoms with Crippen LogP contribution in [0.2, 0.25) is 0 Å². The van der Waals surface area contributed by atoms with E-state index < -0.39 is 0 Å². The van der Waals surface area contributed by atoms with Crippen molar-refractivity contribution in [2.75, 3.05) is 13.2 Å². The van der Waals surface area contributed by atoms with Gasteiger partial charge < -0.3 is 9.47 Å². The second-order valence-electron chi connectivity index (χ2n) is 6.44. The average molecular weight is 320 g/mol. The molecule has 0 bridgehead atoms. The Morgan fingerprint density at radius 2 is 1.87 bits per heavy atom. The lowest BCUT2D eigenvalue weighted by Gasteiger charge is -2.22. The second-order valence-corrected chi connectivity index (χ2v) is 6.44. The summed E-state index contributed by atoms with van der Waals surface area (Å²) in [7, 11) is 0. The number of allylic oxidation sites excluding steroid dienone is 5. The van der Waals surface area contributed by atoms with Gasteiger partial charge in [0.2, 0.25) is 0 Å². The third kappa shape index (κ3) is 10.2. The highest BCUT2D eigenvalue weighted by Crippen LogP contribution is 2.14. The summed E-state index contributed by atoms with van der Waals surface area (Å²) in [5.74, 6) is 0. The van der Waals surface area contributed by atoms with Gasteiger partial charge in [0, 0.05) is 6.61 Å².